The zero-order chi connectivity index (χ0) is 19.3. The Labute approximate surface area is 153 Å². The molecule has 0 heterocycles. The van der Waals surface area contributed by atoms with Gasteiger partial charge in [-0.15, -0.1) is 0 Å². The molecule has 0 amide bonds. The van der Waals surface area contributed by atoms with Gasteiger partial charge < -0.3 is 11.5 Å². The van der Waals surface area contributed by atoms with E-state index in [1.165, 1.54) is 6.21 Å². The Morgan fingerprint density at radius 3 is 2.38 bits per heavy atom. The maximum absolute atomic E-state index is 13.8. The van der Waals surface area contributed by atoms with Crippen molar-refractivity contribution in [3.63, 3.8) is 0 Å². The van der Waals surface area contributed by atoms with Crippen LogP contribution in [0.25, 0.3) is 0 Å². The lowest BCUT2D eigenvalue weighted by molar-refractivity contribution is 0.359. The molecule has 0 aliphatic rings. The molecule has 2 aromatic carbocycles. The molecule has 0 saturated heterocycles. The smallest absolute Gasteiger partial charge is 0.149 e. The first-order valence-corrected chi connectivity index (χ1v) is 8.45. The zero-order valence-electron chi connectivity index (χ0n) is 15.3. The third-order valence-electron chi connectivity index (χ3n) is 4.13. The van der Waals surface area contributed by atoms with Crippen LogP contribution in [0.1, 0.15) is 26.3 Å². The Kier molecular flexibility index (Phi) is 6.27. The van der Waals surface area contributed by atoms with Crippen LogP contribution in [0, 0.1) is 17.0 Å². The summed E-state index contributed by atoms with van der Waals surface area (Å²) in [5.74, 6) is -1.16. The summed E-state index contributed by atoms with van der Waals surface area (Å²) in [5, 5.41) is 0. The number of rotatable bonds is 5. The second kappa shape index (κ2) is 8.23. The minimum absolute atomic E-state index is 0.0869. The van der Waals surface area contributed by atoms with E-state index in [2.05, 4.69) is 4.99 Å². The highest BCUT2D eigenvalue weighted by Crippen LogP contribution is 2.26. The van der Waals surface area contributed by atoms with Gasteiger partial charge in [-0.25, -0.2) is 8.78 Å². The van der Waals surface area contributed by atoms with Gasteiger partial charge in [0.15, 0.2) is 0 Å². The summed E-state index contributed by atoms with van der Waals surface area (Å²) in [6, 6.07) is 12.5. The van der Waals surface area contributed by atoms with Crippen LogP contribution in [0.15, 0.2) is 64.8 Å². The molecule has 1 atom stereocenters. The minimum atomic E-state index is -0.604. The monoisotopic (exact) mass is 357 g/mol. The number of nitrogens with two attached hydrogens (primary N) is 2. The molecular formula is C21H25F2N3. The molecule has 2 aromatic rings. The molecule has 138 valence electrons. The van der Waals surface area contributed by atoms with Crippen molar-refractivity contribution in [3.8, 4) is 0 Å². The molecule has 26 heavy (non-hydrogen) atoms. The lowest BCUT2D eigenvalue weighted by Gasteiger charge is -2.29. The van der Waals surface area contributed by atoms with Crippen LogP contribution in [-0.4, -0.2) is 12.3 Å². The fourth-order valence-electron chi connectivity index (χ4n) is 2.47. The summed E-state index contributed by atoms with van der Waals surface area (Å²) in [7, 11) is 0. The summed E-state index contributed by atoms with van der Waals surface area (Å²) in [6.45, 7) is 5.97. The van der Waals surface area contributed by atoms with Gasteiger partial charge in [0.25, 0.3) is 0 Å². The van der Waals surface area contributed by atoms with E-state index in [0.717, 1.165) is 23.8 Å². The van der Waals surface area contributed by atoms with Crippen LogP contribution >= 0.6 is 0 Å². The average molecular weight is 357 g/mol. The largest absolute Gasteiger partial charge is 0.401 e. The topological polar surface area (TPSA) is 64.4 Å². The van der Waals surface area contributed by atoms with Gasteiger partial charge in [-0.05, 0) is 23.1 Å². The second-order valence-corrected chi connectivity index (χ2v) is 7.34. The molecule has 0 aromatic heterocycles. The summed E-state index contributed by atoms with van der Waals surface area (Å²) in [4.78, 5) is 4.11. The van der Waals surface area contributed by atoms with Crippen molar-refractivity contribution in [3.05, 3.63) is 77.0 Å². The highest BCUT2D eigenvalue weighted by atomic mass is 19.1. The Morgan fingerprint density at radius 1 is 1.12 bits per heavy atom. The van der Waals surface area contributed by atoms with Gasteiger partial charge in [0, 0.05) is 36.0 Å². The quantitative estimate of drug-likeness (QED) is 0.774. The van der Waals surface area contributed by atoms with Gasteiger partial charge in [-0.1, -0.05) is 51.1 Å². The van der Waals surface area contributed by atoms with Crippen LogP contribution < -0.4 is 11.5 Å². The summed E-state index contributed by atoms with van der Waals surface area (Å²) in [6.07, 6.45) is 1.95. The Balaban J connectivity index is 2.42. The van der Waals surface area contributed by atoms with E-state index in [1.54, 1.807) is 0 Å². The first kappa shape index (κ1) is 19.8. The first-order chi connectivity index (χ1) is 12.2. The lowest BCUT2D eigenvalue weighted by Crippen LogP contribution is -2.39. The van der Waals surface area contributed by atoms with Crippen molar-refractivity contribution in [1.82, 2.24) is 0 Å². The molecule has 0 fully saturated rings. The number of nitrogens with zero attached hydrogens (tertiary/aromatic N) is 1. The van der Waals surface area contributed by atoms with Crippen LogP contribution in [0.4, 0.5) is 14.5 Å². The molecule has 0 bridgehead atoms. The average Bonchev–Trinajstić information content (AvgIpc) is 2.58. The first-order valence-electron chi connectivity index (χ1n) is 8.45. The Bertz CT molecular complexity index is 806. The second-order valence-electron chi connectivity index (χ2n) is 7.34. The molecule has 0 spiro atoms. The number of aliphatic imine (C=N–C) groups is 1. The standard InChI is InChI=1S/C21H25F2N3/c1-21(2,3)20(25)16(18(24)11-14-7-5-4-6-8-14)13-26-19-12-15(22)9-10-17(19)23/h4-10,12-13,20H,11,24-25H2,1-3H3/t20-/m0/s1. The third-order valence-corrected chi connectivity index (χ3v) is 4.13. The van der Waals surface area contributed by atoms with Crippen LogP contribution in [0.5, 0.6) is 0 Å². The highest BCUT2D eigenvalue weighted by molar-refractivity contribution is 5.83. The third kappa shape index (κ3) is 5.23. The summed E-state index contributed by atoms with van der Waals surface area (Å²) in [5.41, 5.74) is 14.5. The molecule has 3 nitrogen and oxygen atoms in total. The molecular weight excluding hydrogens is 332 g/mol. The van der Waals surface area contributed by atoms with Crippen molar-refractivity contribution in [2.24, 2.45) is 21.9 Å². The predicted octanol–water partition coefficient (Wildman–Crippen LogP) is 4.50. The normalized spacial score (nSPS) is 14.4. The Morgan fingerprint density at radius 2 is 1.77 bits per heavy atom. The number of halogens is 2. The number of hydrogen-bond donors (Lipinski definition) is 2. The molecule has 0 radical (unpaired) electrons. The van der Waals surface area contributed by atoms with E-state index in [0.29, 0.717) is 17.7 Å². The molecule has 5 heteroatoms. The van der Waals surface area contributed by atoms with Crippen LogP contribution in [-0.2, 0) is 6.42 Å². The molecule has 0 saturated carbocycles. The molecule has 0 aliphatic carbocycles. The van der Waals surface area contributed by atoms with Gasteiger partial charge in [-0.3, -0.25) is 4.99 Å². The number of allylic oxidation sites excluding steroid dienone is 1. The lowest BCUT2D eigenvalue weighted by atomic mass is 9.82. The fraction of sp³-hybridized carbons (Fsp3) is 0.286. The van der Waals surface area contributed by atoms with E-state index in [4.69, 9.17) is 11.5 Å². The predicted molar refractivity (Wildman–Crippen MR) is 103 cm³/mol. The van der Waals surface area contributed by atoms with Crippen molar-refractivity contribution in [2.75, 3.05) is 0 Å². The molecule has 0 aliphatic heterocycles. The van der Waals surface area contributed by atoms with E-state index < -0.39 is 17.7 Å². The van der Waals surface area contributed by atoms with Crippen molar-refractivity contribution in [1.29, 1.82) is 0 Å². The highest BCUT2D eigenvalue weighted by Gasteiger charge is 2.25. The van der Waals surface area contributed by atoms with Crippen molar-refractivity contribution >= 4 is 11.9 Å². The van der Waals surface area contributed by atoms with Crippen molar-refractivity contribution < 1.29 is 8.78 Å². The minimum Gasteiger partial charge on any atom is -0.401 e. The maximum Gasteiger partial charge on any atom is 0.149 e. The van der Waals surface area contributed by atoms with E-state index in [9.17, 15) is 8.78 Å². The molecule has 0 unspecified atom stereocenters. The van der Waals surface area contributed by atoms with E-state index >= 15 is 0 Å². The maximum atomic E-state index is 13.8. The molecule has 2 rings (SSSR count). The van der Waals surface area contributed by atoms with Gasteiger partial charge in [0.05, 0.1) is 0 Å². The number of benzene rings is 2. The number of hydrogen-bond acceptors (Lipinski definition) is 3. The van der Waals surface area contributed by atoms with Gasteiger partial charge in [0.2, 0.25) is 0 Å². The zero-order valence-corrected chi connectivity index (χ0v) is 15.3. The van der Waals surface area contributed by atoms with Gasteiger partial charge in [-0.2, -0.15) is 0 Å². The summed E-state index contributed by atoms with van der Waals surface area (Å²) < 4.78 is 27.2. The fourth-order valence-corrected chi connectivity index (χ4v) is 2.47. The SMILES string of the molecule is CC(C)(C)[C@@H](N)C(C=Nc1cc(F)ccc1F)=C(N)Cc1ccccc1. The molecule has 4 N–H and O–H groups in total. The van der Waals surface area contributed by atoms with Gasteiger partial charge >= 0.3 is 0 Å². The van der Waals surface area contributed by atoms with E-state index in [-0.39, 0.29) is 11.1 Å². The summed E-state index contributed by atoms with van der Waals surface area (Å²) >= 11 is 0. The Hall–Kier alpha value is -2.53. The van der Waals surface area contributed by atoms with Crippen molar-refractivity contribution in [2.45, 2.75) is 33.2 Å². The van der Waals surface area contributed by atoms with Gasteiger partial charge in [0.1, 0.15) is 17.3 Å². The van der Waals surface area contributed by atoms with Crippen LogP contribution in [0.3, 0.4) is 0 Å². The van der Waals surface area contributed by atoms with Crippen LogP contribution in [0.2, 0.25) is 0 Å². The van der Waals surface area contributed by atoms with E-state index in [1.807, 2.05) is 51.1 Å².